The summed E-state index contributed by atoms with van der Waals surface area (Å²) in [5.74, 6) is -6.23. The van der Waals surface area contributed by atoms with Gasteiger partial charge in [0.1, 0.15) is 17.6 Å². The average Bonchev–Trinajstić information content (AvgIpc) is 3.28. The van der Waals surface area contributed by atoms with Gasteiger partial charge in [-0.2, -0.15) is 18.4 Å². The lowest BCUT2D eigenvalue weighted by Crippen LogP contribution is -2.43. The minimum Gasteiger partial charge on any atom is -0.342 e. The minimum absolute atomic E-state index is 0.0291. The second-order valence-corrected chi connectivity index (χ2v) is 7.97. The van der Waals surface area contributed by atoms with Gasteiger partial charge in [0, 0.05) is 18.2 Å². The summed E-state index contributed by atoms with van der Waals surface area (Å²) in [6.45, 7) is -1.53. The molecule has 2 aromatic rings. The number of rotatable bonds is 5. The maximum absolute atomic E-state index is 13.7. The predicted octanol–water partition coefficient (Wildman–Crippen LogP) is 3.38. The van der Waals surface area contributed by atoms with E-state index in [0.29, 0.717) is 16.0 Å². The monoisotopic (exact) mass is 476 g/mol. The molecule has 2 amide bonds. The van der Waals surface area contributed by atoms with Gasteiger partial charge in [0.05, 0.1) is 29.7 Å². The fraction of sp³-hybridized carbons (Fsp3) is 0.368. The molecular formula is C19H14F6N4O2S. The van der Waals surface area contributed by atoms with Crippen molar-refractivity contribution in [2.75, 3.05) is 13.1 Å². The fourth-order valence-electron chi connectivity index (χ4n) is 3.11. The molecule has 1 aliphatic rings. The molecule has 3 rings (SSSR count). The molecule has 1 N–H and O–H groups in total. The first kappa shape index (κ1) is 23.5. The highest BCUT2D eigenvalue weighted by Crippen LogP contribution is 2.32. The summed E-state index contributed by atoms with van der Waals surface area (Å²) in [6.07, 6.45) is -5.62. The Bertz CT molecular complexity index is 1080. The Labute approximate surface area is 181 Å². The number of nitriles is 1. The topological polar surface area (TPSA) is 86.1 Å². The van der Waals surface area contributed by atoms with Crippen LogP contribution in [-0.2, 0) is 17.4 Å². The van der Waals surface area contributed by atoms with Crippen molar-refractivity contribution < 1.29 is 35.9 Å². The van der Waals surface area contributed by atoms with Crippen LogP contribution in [0.2, 0.25) is 0 Å². The number of halogens is 6. The molecular weight excluding hydrogens is 462 g/mol. The number of thiazole rings is 1. The first-order valence-corrected chi connectivity index (χ1v) is 9.93. The molecule has 6 nitrogen and oxygen atoms in total. The number of aromatic nitrogens is 1. The van der Waals surface area contributed by atoms with Crippen molar-refractivity contribution in [1.82, 2.24) is 15.2 Å². The highest BCUT2D eigenvalue weighted by molar-refractivity contribution is 7.09. The molecule has 1 atom stereocenters. The van der Waals surface area contributed by atoms with E-state index in [9.17, 15) is 35.9 Å². The van der Waals surface area contributed by atoms with E-state index in [4.69, 9.17) is 5.26 Å². The van der Waals surface area contributed by atoms with Gasteiger partial charge < -0.3 is 10.2 Å². The SMILES string of the molecule is N#C[C@@H]1CC(F)(F)CN1C(=O)CNC(=O)c1csc(Cc2ccc(C(F)(F)F)c(F)c2)n1. The van der Waals surface area contributed by atoms with Gasteiger partial charge in [-0.3, -0.25) is 9.59 Å². The molecule has 0 aliphatic carbocycles. The summed E-state index contributed by atoms with van der Waals surface area (Å²) in [7, 11) is 0. The number of nitrogens with zero attached hydrogens (tertiary/aromatic N) is 3. The average molecular weight is 476 g/mol. The second-order valence-electron chi connectivity index (χ2n) is 7.02. The molecule has 2 heterocycles. The lowest BCUT2D eigenvalue weighted by Gasteiger charge is -2.19. The van der Waals surface area contributed by atoms with Crippen molar-refractivity contribution >= 4 is 23.2 Å². The van der Waals surface area contributed by atoms with Crippen LogP contribution in [0.4, 0.5) is 26.3 Å². The van der Waals surface area contributed by atoms with Crippen molar-refractivity contribution in [2.45, 2.75) is 31.0 Å². The smallest absolute Gasteiger partial charge is 0.342 e. The maximum atomic E-state index is 13.7. The van der Waals surface area contributed by atoms with E-state index in [1.165, 1.54) is 5.38 Å². The van der Waals surface area contributed by atoms with Crippen molar-refractivity contribution in [2.24, 2.45) is 0 Å². The Morgan fingerprint density at radius 3 is 2.69 bits per heavy atom. The number of alkyl halides is 5. The van der Waals surface area contributed by atoms with E-state index in [1.807, 2.05) is 0 Å². The van der Waals surface area contributed by atoms with Crippen molar-refractivity contribution in [3.63, 3.8) is 0 Å². The number of nitrogens with one attached hydrogen (secondary N) is 1. The molecule has 1 fully saturated rings. The molecule has 13 heteroatoms. The zero-order chi connectivity index (χ0) is 23.7. The Morgan fingerprint density at radius 2 is 2.06 bits per heavy atom. The van der Waals surface area contributed by atoms with Crippen LogP contribution in [0.1, 0.15) is 33.0 Å². The van der Waals surface area contributed by atoms with Crippen LogP contribution in [0.5, 0.6) is 0 Å². The van der Waals surface area contributed by atoms with Crippen LogP contribution < -0.4 is 5.32 Å². The van der Waals surface area contributed by atoms with Crippen LogP contribution in [0, 0.1) is 17.1 Å². The zero-order valence-electron chi connectivity index (χ0n) is 16.0. The van der Waals surface area contributed by atoms with Crippen LogP contribution in [0.3, 0.4) is 0 Å². The largest absolute Gasteiger partial charge is 0.419 e. The van der Waals surface area contributed by atoms with E-state index in [2.05, 4.69) is 10.3 Å². The standard InChI is InChI=1S/C19H14F6N4O2S/c20-13-3-10(1-2-12(13)19(23,24)25)4-15-28-14(8-32-15)17(31)27-7-16(30)29-9-18(21,22)5-11(29)6-26/h1-3,8,11H,4-5,7,9H2,(H,27,31)/t11-/m0/s1. The lowest BCUT2D eigenvalue weighted by molar-refractivity contribution is -0.140. The third-order valence-corrected chi connectivity index (χ3v) is 5.47. The summed E-state index contributed by atoms with van der Waals surface area (Å²) in [6, 6.07) is 2.79. The number of carbonyl (C=O) groups is 2. The number of amides is 2. The quantitative estimate of drug-likeness (QED) is 0.671. The molecule has 1 aliphatic heterocycles. The summed E-state index contributed by atoms with van der Waals surface area (Å²) in [5.41, 5.74) is -1.28. The summed E-state index contributed by atoms with van der Waals surface area (Å²) >= 11 is 0.997. The van der Waals surface area contributed by atoms with Crippen LogP contribution in [0.25, 0.3) is 0 Å². The van der Waals surface area contributed by atoms with Gasteiger partial charge in [0.25, 0.3) is 11.8 Å². The molecule has 0 unspecified atom stereocenters. The zero-order valence-corrected chi connectivity index (χ0v) is 16.9. The number of benzene rings is 1. The van der Waals surface area contributed by atoms with Gasteiger partial charge >= 0.3 is 6.18 Å². The molecule has 1 saturated heterocycles. The molecule has 32 heavy (non-hydrogen) atoms. The predicted molar refractivity (Wildman–Crippen MR) is 99.3 cm³/mol. The fourth-order valence-corrected chi connectivity index (χ4v) is 3.92. The van der Waals surface area contributed by atoms with Crippen molar-refractivity contribution in [3.8, 4) is 6.07 Å². The van der Waals surface area contributed by atoms with Crippen LogP contribution in [-0.4, -0.2) is 46.8 Å². The van der Waals surface area contributed by atoms with Crippen molar-refractivity contribution in [1.29, 1.82) is 5.26 Å². The molecule has 1 aromatic carbocycles. The summed E-state index contributed by atoms with van der Waals surface area (Å²) < 4.78 is 78.4. The molecule has 0 spiro atoms. The lowest BCUT2D eigenvalue weighted by atomic mass is 10.1. The van der Waals surface area contributed by atoms with Gasteiger partial charge in [0.2, 0.25) is 5.91 Å². The Hall–Kier alpha value is -3.14. The highest BCUT2D eigenvalue weighted by Gasteiger charge is 2.47. The summed E-state index contributed by atoms with van der Waals surface area (Å²) in [5, 5.41) is 12.8. The Morgan fingerprint density at radius 1 is 1.34 bits per heavy atom. The number of likely N-dealkylation sites (tertiary alicyclic amines) is 1. The molecule has 0 saturated carbocycles. The van der Waals surface area contributed by atoms with Gasteiger partial charge in [0.15, 0.2) is 0 Å². The first-order chi connectivity index (χ1) is 14.9. The third-order valence-electron chi connectivity index (χ3n) is 4.62. The third kappa shape index (κ3) is 5.37. The maximum Gasteiger partial charge on any atom is 0.419 e. The van der Waals surface area contributed by atoms with Gasteiger partial charge in [-0.15, -0.1) is 11.3 Å². The number of hydrogen-bond acceptors (Lipinski definition) is 5. The number of carbonyl (C=O) groups excluding carboxylic acids is 2. The summed E-state index contributed by atoms with van der Waals surface area (Å²) in [4.78, 5) is 29.0. The van der Waals surface area contributed by atoms with E-state index in [1.54, 1.807) is 6.07 Å². The minimum atomic E-state index is -4.81. The second kappa shape index (κ2) is 8.78. The molecule has 0 bridgehead atoms. The van der Waals surface area contributed by atoms with Crippen LogP contribution >= 0.6 is 11.3 Å². The first-order valence-electron chi connectivity index (χ1n) is 9.05. The molecule has 0 radical (unpaired) electrons. The van der Waals surface area contributed by atoms with E-state index >= 15 is 0 Å². The Kier molecular flexibility index (Phi) is 6.45. The van der Waals surface area contributed by atoms with Crippen molar-refractivity contribution in [3.05, 3.63) is 51.2 Å². The van der Waals surface area contributed by atoms with E-state index in [-0.39, 0.29) is 17.7 Å². The number of hydrogen-bond donors (Lipinski definition) is 1. The van der Waals surface area contributed by atoms with Crippen LogP contribution in [0.15, 0.2) is 23.6 Å². The Balaban J connectivity index is 1.59. The highest BCUT2D eigenvalue weighted by atomic mass is 32.1. The normalized spacial score (nSPS) is 17.8. The molecule has 1 aromatic heterocycles. The van der Waals surface area contributed by atoms with E-state index in [0.717, 1.165) is 23.5 Å². The van der Waals surface area contributed by atoms with Gasteiger partial charge in [-0.1, -0.05) is 6.07 Å². The molecule has 170 valence electrons. The van der Waals surface area contributed by atoms with Gasteiger partial charge in [-0.25, -0.2) is 18.2 Å². The van der Waals surface area contributed by atoms with E-state index < -0.39 is 60.8 Å². The van der Waals surface area contributed by atoms with Gasteiger partial charge in [-0.05, 0) is 17.7 Å².